The molecule has 1 N–H and O–H groups in total. The molecule has 0 radical (unpaired) electrons. The lowest BCUT2D eigenvalue weighted by Crippen LogP contribution is -2.20. The molecule has 5 nitrogen and oxygen atoms in total. The first-order valence-corrected chi connectivity index (χ1v) is 8.08. The highest BCUT2D eigenvalue weighted by atomic mass is 35.5. The number of halogens is 3. The molecule has 1 amide bonds. The maximum Gasteiger partial charge on any atom is 0.331 e. The number of benzene rings is 2. The summed E-state index contributed by atoms with van der Waals surface area (Å²) in [6, 6.07) is 8.78. The van der Waals surface area contributed by atoms with Gasteiger partial charge in [0.1, 0.15) is 0 Å². The molecular weight excluding hydrogens is 384 g/mol. The number of nitrogens with one attached hydrogen (secondary N) is 1. The number of esters is 1. The zero-order valence-corrected chi connectivity index (χ0v) is 15.1. The van der Waals surface area contributed by atoms with Crippen LogP contribution < -0.4 is 10.1 Å². The lowest BCUT2D eigenvalue weighted by atomic mass is 10.2. The first kappa shape index (κ1) is 19.8. The highest BCUT2D eigenvalue weighted by Crippen LogP contribution is 2.25. The first-order valence-electron chi connectivity index (χ1n) is 7.32. The Bertz CT molecular complexity index is 855. The quantitative estimate of drug-likeness (QED) is 0.581. The molecule has 0 heterocycles. The summed E-state index contributed by atoms with van der Waals surface area (Å²) in [6.07, 6.45) is 2.45. The number of hydrogen-bond donors (Lipinski definition) is 1. The normalized spacial score (nSPS) is 10.6. The molecule has 0 aliphatic rings. The van der Waals surface area contributed by atoms with E-state index in [1.807, 2.05) is 0 Å². The van der Waals surface area contributed by atoms with Gasteiger partial charge in [0.25, 0.3) is 5.91 Å². The van der Waals surface area contributed by atoms with E-state index in [9.17, 15) is 14.0 Å². The average Bonchev–Trinajstić information content (AvgIpc) is 2.61. The maximum absolute atomic E-state index is 13.5. The largest absolute Gasteiger partial charge is 0.494 e. The van der Waals surface area contributed by atoms with Crippen LogP contribution in [0.2, 0.25) is 10.0 Å². The Kier molecular flexibility index (Phi) is 7.00. The number of rotatable bonds is 6. The SMILES string of the molecule is COc1ccc(/C=C/C(=O)OCC(=O)Nc2ccc(Cl)c(Cl)c2)cc1F. The molecule has 0 aliphatic heterocycles. The Morgan fingerprint density at radius 2 is 1.92 bits per heavy atom. The summed E-state index contributed by atoms with van der Waals surface area (Å²) >= 11 is 11.6. The van der Waals surface area contributed by atoms with Gasteiger partial charge in [0.15, 0.2) is 18.2 Å². The Morgan fingerprint density at radius 1 is 1.15 bits per heavy atom. The van der Waals surface area contributed by atoms with E-state index in [0.717, 1.165) is 6.08 Å². The van der Waals surface area contributed by atoms with Crippen molar-refractivity contribution in [3.05, 3.63) is 63.9 Å². The van der Waals surface area contributed by atoms with Gasteiger partial charge in [-0.3, -0.25) is 4.79 Å². The molecular formula is C18H14Cl2FNO4. The molecule has 0 aliphatic carbocycles. The van der Waals surface area contributed by atoms with E-state index < -0.39 is 24.3 Å². The van der Waals surface area contributed by atoms with Gasteiger partial charge in [-0.05, 0) is 42.0 Å². The van der Waals surface area contributed by atoms with Crippen LogP contribution >= 0.6 is 23.2 Å². The van der Waals surface area contributed by atoms with Crippen molar-refractivity contribution in [2.45, 2.75) is 0 Å². The van der Waals surface area contributed by atoms with Gasteiger partial charge in [-0.15, -0.1) is 0 Å². The van der Waals surface area contributed by atoms with Crippen molar-refractivity contribution in [1.29, 1.82) is 0 Å². The molecule has 26 heavy (non-hydrogen) atoms. The summed E-state index contributed by atoms with van der Waals surface area (Å²) in [5.74, 6) is -1.74. The fourth-order valence-electron chi connectivity index (χ4n) is 1.91. The summed E-state index contributed by atoms with van der Waals surface area (Å²) < 4.78 is 23.2. The minimum Gasteiger partial charge on any atom is -0.494 e. The molecule has 0 atom stereocenters. The zero-order chi connectivity index (χ0) is 19.1. The van der Waals surface area contributed by atoms with E-state index in [-0.39, 0.29) is 10.8 Å². The van der Waals surface area contributed by atoms with Crippen LogP contribution in [0.25, 0.3) is 6.08 Å². The fraction of sp³-hybridized carbons (Fsp3) is 0.111. The highest BCUT2D eigenvalue weighted by Gasteiger charge is 2.07. The number of hydrogen-bond acceptors (Lipinski definition) is 4. The van der Waals surface area contributed by atoms with Crippen molar-refractivity contribution in [3.63, 3.8) is 0 Å². The topological polar surface area (TPSA) is 64.6 Å². The Labute approximate surface area is 159 Å². The lowest BCUT2D eigenvalue weighted by molar-refractivity contribution is -0.142. The van der Waals surface area contributed by atoms with Gasteiger partial charge in [0, 0.05) is 11.8 Å². The predicted octanol–water partition coefficient (Wildman–Crippen LogP) is 4.34. The second-order valence-corrected chi connectivity index (χ2v) is 5.83. The van der Waals surface area contributed by atoms with Crippen LogP contribution in [0.5, 0.6) is 5.75 Å². The van der Waals surface area contributed by atoms with Gasteiger partial charge in [0.2, 0.25) is 0 Å². The van der Waals surface area contributed by atoms with Crippen LogP contribution in [0.1, 0.15) is 5.56 Å². The minimum absolute atomic E-state index is 0.101. The predicted molar refractivity (Wildman–Crippen MR) is 98.0 cm³/mol. The summed E-state index contributed by atoms with van der Waals surface area (Å²) in [7, 11) is 1.36. The Hall–Kier alpha value is -2.57. The third kappa shape index (κ3) is 5.75. The summed E-state index contributed by atoms with van der Waals surface area (Å²) in [4.78, 5) is 23.4. The van der Waals surface area contributed by atoms with Gasteiger partial charge >= 0.3 is 5.97 Å². The van der Waals surface area contributed by atoms with Crippen molar-refractivity contribution in [2.24, 2.45) is 0 Å². The Balaban J connectivity index is 1.84. The molecule has 0 aromatic heterocycles. The van der Waals surface area contributed by atoms with Gasteiger partial charge in [-0.2, -0.15) is 0 Å². The van der Waals surface area contributed by atoms with Crippen molar-refractivity contribution in [2.75, 3.05) is 19.0 Å². The van der Waals surface area contributed by atoms with Crippen LogP contribution in [0.15, 0.2) is 42.5 Å². The number of amides is 1. The molecule has 0 spiro atoms. The minimum atomic E-state index is -0.745. The molecule has 2 rings (SSSR count). The molecule has 0 saturated heterocycles. The van der Waals surface area contributed by atoms with Crippen LogP contribution in [-0.4, -0.2) is 25.6 Å². The number of carbonyl (C=O) groups excluding carboxylic acids is 2. The van der Waals surface area contributed by atoms with Crippen LogP contribution in [0.4, 0.5) is 10.1 Å². The number of ether oxygens (including phenoxy) is 2. The first-order chi connectivity index (χ1) is 12.4. The second-order valence-electron chi connectivity index (χ2n) is 5.01. The van der Waals surface area contributed by atoms with Crippen molar-refractivity contribution < 1.29 is 23.5 Å². The van der Waals surface area contributed by atoms with E-state index in [4.69, 9.17) is 32.7 Å². The van der Waals surface area contributed by atoms with Gasteiger partial charge in [-0.1, -0.05) is 29.3 Å². The molecule has 0 bridgehead atoms. The zero-order valence-electron chi connectivity index (χ0n) is 13.6. The maximum atomic E-state index is 13.5. The van der Waals surface area contributed by atoms with Crippen LogP contribution in [-0.2, 0) is 14.3 Å². The van der Waals surface area contributed by atoms with E-state index >= 15 is 0 Å². The molecule has 2 aromatic carbocycles. The smallest absolute Gasteiger partial charge is 0.331 e. The lowest BCUT2D eigenvalue weighted by Gasteiger charge is -2.06. The standard InChI is InChI=1S/C18H14Cl2FNO4/c1-25-16-6-2-11(8-15(16)21)3-7-18(24)26-10-17(23)22-12-4-5-13(19)14(20)9-12/h2-9H,10H2,1H3,(H,22,23)/b7-3+. The fourth-order valence-corrected chi connectivity index (χ4v) is 2.20. The van der Waals surface area contributed by atoms with Gasteiger partial charge < -0.3 is 14.8 Å². The molecule has 8 heteroatoms. The second kappa shape index (κ2) is 9.22. The van der Waals surface area contributed by atoms with Gasteiger partial charge in [0.05, 0.1) is 17.2 Å². The monoisotopic (exact) mass is 397 g/mol. The van der Waals surface area contributed by atoms with E-state index in [1.54, 1.807) is 12.1 Å². The molecule has 2 aromatic rings. The van der Waals surface area contributed by atoms with Crippen molar-refractivity contribution in [3.8, 4) is 5.75 Å². The van der Waals surface area contributed by atoms with Crippen molar-refractivity contribution in [1.82, 2.24) is 0 Å². The highest BCUT2D eigenvalue weighted by molar-refractivity contribution is 6.42. The van der Waals surface area contributed by atoms with Crippen molar-refractivity contribution >= 4 is 46.8 Å². The van der Waals surface area contributed by atoms with Crippen LogP contribution in [0, 0.1) is 5.82 Å². The molecule has 136 valence electrons. The Morgan fingerprint density at radius 3 is 2.58 bits per heavy atom. The third-order valence-electron chi connectivity index (χ3n) is 3.14. The summed E-state index contributed by atoms with van der Waals surface area (Å²) in [5.41, 5.74) is 0.866. The summed E-state index contributed by atoms with van der Waals surface area (Å²) in [6.45, 7) is -0.486. The van der Waals surface area contributed by atoms with Gasteiger partial charge in [-0.25, -0.2) is 9.18 Å². The van der Waals surface area contributed by atoms with E-state index in [0.29, 0.717) is 16.3 Å². The molecule has 0 fully saturated rings. The summed E-state index contributed by atoms with van der Waals surface area (Å²) in [5, 5.41) is 3.16. The van der Waals surface area contributed by atoms with E-state index in [2.05, 4.69) is 5.32 Å². The number of carbonyl (C=O) groups is 2. The average molecular weight is 398 g/mol. The molecule has 0 unspecified atom stereocenters. The number of methoxy groups -OCH3 is 1. The van der Waals surface area contributed by atoms with Crippen LogP contribution in [0.3, 0.4) is 0 Å². The van der Waals surface area contributed by atoms with E-state index in [1.165, 1.54) is 37.5 Å². The number of anilines is 1. The third-order valence-corrected chi connectivity index (χ3v) is 3.88. The molecule has 0 saturated carbocycles.